The number of hydrogen-bond acceptors (Lipinski definition) is 3. The highest BCUT2D eigenvalue weighted by Crippen LogP contribution is 2.45. The van der Waals surface area contributed by atoms with Gasteiger partial charge < -0.3 is 20.6 Å². The summed E-state index contributed by atoms with van der Waals surface area (Å²) in [7, 11) is -3.90. The third-order valence-corrected chi connectivity index (χ3v) is 3.65. The second-order valence-corrected chi connectivity index (χ2v) is 5.83. The molecule has 0 aromatic carbocycles. The van der Waals surface area contributed by atoms with Gasteiger partial charge in [-0.1, -0.05) is 0 Å². The first-order chi connectivity index (χ1) is 6.81. The Morgan fingerprint density at radius 1 is 1.53 bits per heavy atom. The number of carboxylic acids is 1. The van der Waals surface area contributed by atoms with Gasteiger partial charge in [0.15, 0.2) is 0 Å². The van der Waals surface area contributed by atoms with Crippen molar-refractivity contribution in [2.24, 2.45) is 17.6 Å². The predicted octanol–water partition coefficient (Wildman–Crippen LogP) is -0.00770. The fourth-order valence-corrected chi connectivity index (χ4v) is 2.38. The molecule has 15 heavy (non-hydrogen) atoms. The molecule has 0 heterocycles. The van der Waals surface area contributed by atoms with Gasteiger partial charge in [-0.25, -0.2) is 0 Å². The number of carboxylic acid groups (broad SMARTS) is 1. The summed E-state index contributed by atoms with van der Waals surface area (Å²) in [5.74, 6) is -0.792. The quantitative estimate of drug-likeness (QED) is 0.482. The van der Waals surface area contributed by atoms with Crippen molar-refractivity contribution in [3.63, 3.8) is 0 Å². The average Bonchev–Trinajstić information content (AvgIpc) is 2.80. The molecule has 0 bridgehead atoms. The van der Waals surface area contributed by atoms with Crippen LogP contribution in [-0.2, 0) is 9.36 Å². The zero-order valence-electron chi connectivity index (χ0n) is 8.24. The van der Waals surface area contributed by atoms with E-state index < -0.39 is 19.6 Å². The van der Waals surface area contributed by atoms with Crippen LogP contribution in [0.2, 0.25) is 0 Å². The molecule has 1 rings (SSSR count). The van der Waals surface area contributed by atoms with E-state index >= 15 is 0 Å². The first-order valence-electron chi connectivity index (χ1n) is 4.84. The highest BCUT2D eigenvalue weighted by atomic mass is 31.2. The summed E-state index contributed by atoms with van der Waals surface area (Å²) in [6.07, 6.45) is 1.71. The Balaban J connectivity index is 2.17. The van der Waals surface area contributed by atoms with Gasteiger partial charge in [-0.05, 0) is 31.1 Å². The molecule has 0 amide bonds. The lowest BCUT2D eigenvalue weighted by Gasteiger charge is -2.05. The molecule has 0 aliphatic heterocycles. The standard InChI is InChI=1S/C8H16NO5P/c9-7(8(10)11)6-4-5(6)2-1-3-15(12,13)14/h5-7H,1-4,9H2,(H,10,11)(H2,12,13,14). The van der Waals surface area contributed by atoms with Crippen LogP contribution in [0.15, 0.2) is 0 Å². The van der Waals surface area contributed by atoms with E-state index in [-0.39, 0.29) is 18.0 Å². The minimum atomic E-state index is -3.90. The second-order valence-electron chi connectivity index (χ2n) is 4.05. The van der Waals surface area contributed by atoms with Crippen molar-refractivity contribution in [2.75, 3.05) is 6.16 Å². The monoisotopic (exact) mass is 237 g/mol. The number of aliphatic carboxylic acids is 1. The third-order valence-electron chi connectivity index (χ3n) is 2.75. The van der Waals surface area contributed by atoms with Gasteiger partial charge in [-0.3, -0.25) is 9.36 Å². The van der Waals surface area contributed by atoms with E-state index in [0.717, 1.165) is 6.42 Å². The van der Waals surface area contributed by atoms with E-state index in [1.807, 2.05) is 0 Å². The SMILES string of the molecule is NC(C(=O)O)C1CC1CCCP(=O)(O)O. The van der Waals surface area contributed by atoms with Crippen molar-refractivity contribution in [1.29, 1.82) is 0 Å². The van der Waals surface area contributed by atoms with Gasteiger partial charge in [-0.2, -0.15) is 0 Å². The van der Waals surface area contributed by atoms with Gasteiger partial charge in [0.25, 0.3) is 0 Å². The zero-order valence-corrected chi connectivity index (χ0v) is 9.14. The van der Waals surface area contributed by atoms with Crippen LogP contribution in [0.1, 0.15) is 19.3 Å². The molecule has 0 spiro atoms. The predicted molar refractivity (Wildman–Crippen MR) is 53.4 cm³/mol. The number of nitrogens with two attached hydrogens (primary N) is 1. The van der Waals surface area contributed by atoms with Gasteiger partial charge in [0.2, 0.25) is 0 Å². The van der Waals surface area contributed by atoms with Crippen LogP contribution in [0.4, 0.5) is 0 Å². The van der Waals surface area contributed by atoms with Crippen molar-refractivity contribution in [1.82, 2.24) is 0 Å². The molecule has 0 aromatic heterocycles. The molecule has 0 aromatic rings. The lowest BCUT2D eigenvalue weighted by molar-refractivity contribution is -0.139. The van der Waals surface area contributed by atoms with Crippen molar-refractivity contribution < 1.29 is 24.3 Å². The van der Waals surface area contributed by atoms with Gasteiger partial charge in [0.1, 0.15) is 6.04 Å². The maximum Gasteiger partial charge on any atom is 0.325 e. The van der Waals surface area contributed by atoms with E-state index in [1.54, 1.807) is 0 Å². The molecule has 3 atom stereocenters. The molecule has 1 saturated carbocycles. The summed E-state index contributed by atoms with van der Waals surface area (Å²) in [5, 5.41) is 8.62. The Morgan fingerprint density at radius 2 is 2.13 bits per heavy atom. The molecule has 1 fully saturated rings. The lowest BCUT2D eigenvalue weighted by atomic mass is 10.1. The summed E-state index contributed by atoms with van der Waals surface area (Å²) >= 11 is 0. The molecule has 0 saturated heterocycles. The van der Waals surface area contributed by atoms with Crippen molar-refractivity contribution in [3.05, 3.63) is 0 Å². The topological polar surface area (TPSA) is 121 Å². The molecule has 6 nitrogen and oxygen atoms in total. The van der Waals surface area contributed by atoms with E-state index in [4.69, 9.17) is 20.6 Å². The summed E-state index contributed by atoms with van der Waals surface area (Å²) < 4.78 is 10.5. The zero-order chi connectivity index (χ0) is 11.6. The Hall–Kier alpha value is -0.420. The minimum Gasteiger partial charge on any atom is -0.480 e. The summed E-state index contributed by atoms with van der Waals surface area (Å²) in [5.41, 5.74) is 5.42. The van der Waals surface area contributed by atoms with E-state index in [0.29, 0.717) is 12.8 Å². The molecule has 5 N–H and O–H groups in total. The van der Waals surface area contributed by atoms with Crippen LogP contribution in [0.3, 0.4) is 0 Å². The Labute approximate surface area is 87.6 Å². The van der Waals surface area contributed by atoms with Crippen LogP contribution < -0.4 is 5.73 Å². The van der Waals surface area contributed by atoms with Gasteiger partial charge in [-0.15, -0.1) is 0 Å². The highest BCUT2D eigenvalue weighted by molar-refractivity contribution is 7.51. The molecular formula is C8H16NO5P. The van der Waals surface area contributed by atoms with Crippen LogP contribution in [0.25, 0.3) is 0 Å². The largest absolute Gasteiger partial charge is 0.480 e. The summed E-state index contributed by atoms with van der Waals surface area (Å²) in [6.45, 7) is 0. The number of carbonyl (C=O) groups is 1. The molecule has 88 valence electrons. The van der Waals surface area contributed by atoms with E-state index in [1.165, 1.54) is 0 Å². The van der Waals surface area contributed by atoms with E-state index in [2.05, 4.69) is 0 Å². The van der Waals surface area contributed by atoms with Crippen LogP contribution >= 0.6 is 7.60 Å². The first kappa shape index (κ1) is 12.6. The normalized spacial score (nSPS) is 27.4. The minimum absolute atomic E-state index is 0.0146. The van der Waals surface area contributed by atoms with Crippen molar-refractivity contribution in [2.45, 2.75) is 25.3 Å². The molecule has 7 heteroatoms. The van der Waals surface area contributed by atoms with Crippen LogP contribution in [0, 0.1) is 11.8 Å². The van der Waals surface area contributed by atoms with Crippen molar-refractivity contribution >= 4 is 13.6 Å². The van der Waals surface area contributed by atoms with Gasteiger partial charge in [0.05, 0.1) is 0 Å². The molecule has 0 radical (unpaired) electrons. The molecule has 1 aliphatic rings. The summed E-state index contributed by atoms with van der Waals surface area (Å²) in [4.78, 5) is 27.7. The smallest absolute Gasteiger partial charge is 0.325 e. The molecule has 1 aliphatic carbocycles. The lowest BCUT2D eigenvalue weighted by Crippen LogP contribution is -2.32. The highest BCUT2D eigenvalue weighted by Gasteiger charge is 2.43. The third kappa shape index (κ3) is 4.30. The second kappa shape index (κ2) is 4.61. The Bertz CT molecular complexity index is 289. The maximum atomic E-state index is 10.5. The Morgan fingerprint density at radius 3 is 2.60 bits per heavy atom. The first-order valence-corrected chi connectivity index (χ1v) is 6.64. The van der Waals surface area contributed by atoms with Gasteiger partial charge in [0, 0.05) is 6.16 Å². The van der Waals surface area contributed by atoms with E-state index in [9.17, 15) is 9.36 Å². The van der Waals surface area contributed by atoms with Crippen LogP contribution in [0.5, 0.6) is 0 Å². The molecule has 3 unspecified atom stereocenters. The fraction of sp³-hybridized carbons (Fsp3) is 0.875. The fourth-order valence-electron chi connectivity index (χ4n) is 1.79. The Kier molecular flexibility index (Phi) is 3.89. The number of rotatable bonds is 6. The van der Waals surface area contributed by atoms with Crippen molar-refractivity contribution in [3.8, 4) is 0 Å². The van der Waals surface area contributed by atoms with Crippen LogP contribution in [-0.4, -0.2) is 33.1 Å². The molecular weight excluding hydrogens is 221 g/mol. The maximum absolute atomic E-state index is 10.5. The van der Waals surface area contributed by atoms with Gasteiger partial charge >= 0.3 is 13.6 Å². The summed E-state index contributed by atoms with van der Waals surface area (Å²) in [6, 6.07) is -0.829. The average molecular weight is 237 g/mol. The number of hydrogen-bond donors (Lipinski definition) is 4.